The molecule has 3 rings (SSSR count). The van der Waals surface area contributed by atoms with Gasteiger partial charge in [-0.2, -0.15) is 4.31 Å². The van der Waals surface area contributed by atoms with E-state index in [1.807, 2.05) is 57.1 Å². The molecule has 1 atom stereocenters. The second-order valence-electron chi connectivity index (χ2n) is 9.10. The van der Waals surface area contributed by atoms with Crippen LogP contribution in [-0.2, 0) is 26.2 Å². The molecular weight excluding hydrogens is 452 g/mol. The third-order valence-corrected chi connectivity index (χ3v) is 8.07. The number of nitrogens with one attached hydrogen (secondary N) is 1. The summed E-state index contributed by atoms with van der Waals surface area (Å²) in [5.74, 6) is -0.332. The van der Waals surface area contributed by atoms with E-state index in [9.17, 15) is 18.0 Å². The predicted molar refractivity (Wildman–Crippen MR) is 133 cm³/mol. The van der Waals surface area contributed by atoms with Crippen LogP contribution in [0, 0.1) is 0 Å². The summed E-state index contributed by atoms with van der Waals surface area (Å²) in [7, 11) is -0.0160. The fourth-order valence-corrected chi connectivity index (χ4v) is 5.50. The number of rotatable bonds is 7. The monoisotopic (exact) mass is 486 g/mol. The highest BCUT2D eigenvalue weighted by molar-refractivity contribution is 7.89. The molecular formula is C25H34N4O4S. The van der Waals surface area contributed by atoms with E-state index in [-0.39, 0.29) is 42.9 Å². The van der Waals surface area contributed by atoms with Crippen molar-refractivity contribution < 1.29 is 18.0 Å². The SMILES string of the molecule is CC(=O)N1CCN(S(=O)(=O)c2ccc(C(C)C)cc2)C(C(=O)NCc2ccc(N(C)C)cc2)C1. The van der Waals surface area contributed by atoms with Gasteiger partial charge in [0, 0.05) is 52.9 Å². The summed E-state index contributed by atoms with van der Waals surface area (Å²) in [5.41, 5.74) is 2.98. The summed E-state index contributed by atoms with van der Waals surface area (Å²) >= 11 is 0. The number of carbonyl (C=O) groups excluding carboxylic acids is 2. The highest BCUT2D eigenvalue weighted by Gasteiger charge is 2.40. The Morgan fingerprint density at radius 2 is 1.65 bits per heavy atom. The average Bonchev–Trinajstić information content (AvgIpc) is 2.82. The molecule has 0 saturated carbocycles. The van der Waals surface area contributed by atoms with Gasteiger partial charge >= 0.3 is 0 Å². The van der Waals surface area contributed by atoms with Gasteiger partial charge in [0.2, 0.25) is 21.8 Å². The summed E-state index contributed by atoms with van der Waals surface area (Å²) < 4.78 is 28.2. The number of piperazine rings is 1. The number of anilines is 1. The lowest BCUT2D eigenvalue weighted by atomic mass is 10.0. The highest BCUT2D eigenvalue weighted by atomic mass is 32.2. The van der Waals surface area contributed by atoms with E-state index in [0.29, 0.717) is 0 Å². The molecule has 1 saturated heterocycles. The molecule has 34 heavy (non-hydrogen) atoms. The lowest BCUT2D eigenvalue weighted by Crippen LogP contribution is -2.61. The van der Waals surface area contributed by atoms with Crippen LogP contribution in [0.1, 0.15) is 37.8 Å². The molecule has 1 aliphatic heterocycles. The van der Waals surface area contributed by atoms with Gasteiger partial charge < -0.3 is 15.1 Å². The minimum Gasteiger partial charge on any atom is -0.378 e. The maximum absolute atomic E-state index is 13.5. The summed E-state index contributed by atoms with van der Waals surface area (Å²) in [5, 5.41) is 2.86. The van der Waals surface area contributed by atoms with Gasteiger partial charge in [-0.3, -0.25) is 9.59 Å². The molecule has 1 N–H and O–H groups in total. The maximum Gasteiger partial charge on any atom is 0.243 e. The van der Waals surface area contributed by atoms with Gasteiger partial charge in [-0.1, -0.05) is 38.1 Å². The van der Waals surface area contributed by atoms with Gasteiger partial charge in [0.25, 0.3) is 0 Å². The predicted octanol–water partition coefficient (Wildman–Crippen LogP) is 2.41. The third-order valence-electron chi connectivity index (χ3n) is 6.15. The van der Waals surface area contributed by atoms with Crippen LogP contribution < -0.4 is 10.2 Å². The molecule has 1 aliphatic rings. The summed E-state index contributed by atoms with van der Waals surface area (Å²) in [6.07, 6.45) is 0. The largest absolute Gasteiger partial charge is 0.378 e. The minimum absolute atomic E-state index is 0.0179. The average molecular weight is 487 g/mol. The van der Waals surface area contributed by atoms with Crippen molar-refractivity contribution in [2.45, 2.75) is 44.2 Å². The highest BCUT2D eigenvalue weighted by Crippen LogP contribution is 2.24. The second kappa shape index (κ2) is 10.6. The van der Waals surface area contributed by atoms with Crippen molar-refractivity contribution in [1.82, 2.24) is 14.5 Å². The Hall–Kier alpha value is -2.91. The van der Waals surface area contributed by atoms with Crippen molar-refractivity contribution in [2.24, 2.45) is 0 Å². The molecule has 2 aromatic carbocycles. The first-order valence-corrected chi connectivity index (χ1v) is 12.9. The molecule has 0 spiro atoms. The zero-order valence-corrected chi connectivity index (χ0v) is 21.3. The molecule has 8 nitrogen and oxygen atoms in total. The molecule has 9 heteroatoms. The number of sulfonamides is 1. The number of hydrogen-bond donors (Lipinski definition) is 1. The Labute approximate surface area is 202 Å². The van der Waals surface area contributed by atoms with E-state index >= 15 is 0 Å². The summed E-state index contributed by atoms with van der Waals surface area (Å²) in [6, 6.07) is 13.5. The molecule has 0 aliphatic carbocycles. The standard InChI is InChI=1S/C25H34N4O4S/c1-18(2)21-8-12-23(13-9-21)34(32,33)29-15-14-28(19(3)30)17-24(29)25(31)26-16-20-6-10-22(11-7-20)27(4)5/h6-13,18,24H,14-17H2,1-5H3,(H,26,31). The van der Waals surface area contributed by atoms with Crippen molar-refractivity contribution in [3.05, 3.63) is 59.7 Å². The molecule has 184 valence electrons. The minimum atomic E-state index is -3.92. The molecule has 2 amide bonds. The molecule has 0 aromatic heterocycles. The van der Waals surface area contributed by atoms with Crippen LogP contribution in [-0.4, -0.2) is 69.2 Å². The third kappa shape index (κ3) is 5.77. The number of hydrogen-bond acceptors (Lipinski definition) is 5. The van der Waals surface area contributed by atoms with Crippen LogP contribution in [0.25, 0.3) is 0 Å². The lowest BCUT2D eigenvalue weighted by molar-refractivity contribution is -0.134. The molecule has 0 radical (unpaired) electrons. The quantitative estimate of drug-likeness (QED) is 0.649. The second-order valence-corrected chi connectivity index (χ2v) is 11.0. The van der Waals surface area contributed by atoms with E-state index in [2.05, 4.69) is 5.32 Å². The van der Waals surface area contributed by atoms with Gasteiger partial charge in [0.15, 0.2) is 0 Å². The van der Waals surface area contributed by atoms with Gasteiger partial charge in [-0.15, -0.1) is 0 Å². The molecule has 1 unspecified atom stereocenters. The van der Waals surface area contributed by atoms with Gasteiger partial charge in [-0.25, -0.2) is 8.42 Å². The van der Waals surface area contributed by atoms with Crippen LogP contribution in [0.15, 0.2) is 53.4 Å². The zero-order valence-electron chi connectivity index (χ0n) is 20.5. The van der Waals surface area contributed by atoms with Crippen molar-refractivity contribution in [2.75, 3.05) is 38.6 Å². The molecule has 0 bridgehead atoms. The molecule has 1 heterocycles. The van der Waals surface area contributed by atoms with Crippen LogP contribution in [0.2, 0.25) is 0 Å². The number of amides is 2. The Morgan fingerprint density at radius 1 is 1.03 bits per heavy atom. The first-order valence-electron chi connectivity index (χ1n) is 11.4. The zero-order chi connectivity index (χ0) is 25.0. The number of carbonyl (C=O) groups is 2. The normalized spacial score (nSPS) is 17.0. The van der Waals surface area contributed by atoms with Crippen LogP contribution in [0.4, 0.5) is 5.69 Å². The Morgan fingerprint density at radius 3 is 2.18 bits per heavy atom. The topological polar surface area (TPSA) is 90.0 Å². The van der Waals surface area contributed by atoms with Crippen LogP contribution >= 0.6 is 0 Å². The number of benzene rings is 2. The van der Waals surface area contributed by atoms with Crippen molar-refractivity contribution in [3.63, 3.8) is 0 Å². The van der Waals surface area contributed by atoms with Crippen molar-refractivity contribution in [3.8, 4) is 0 Å². The van der Waals surface area contributed by atoms with E-state index in [0.717, 1.165) is 16.8 Å². The Bertz CT molecular complexity index is 1110. The summed E-state index contributed by atoms with van der Waals surface area (Å²) in [4.78, 5) is 28.8. The van der Waals surface area contributed by atoms with Crippen LogP contribution in [0.5, 0.6) is 0 Å². The fourth-order valence-electron chi connectivity index (χ4n) is 3.93. The first kappa shape index (κ1) is 25.7. The Kier molecular flexibility index (Phi) is 7.99. The van der Waals surface area contributed by atoms with E-state index in [1.165, 1.54) is 16.1 Å². The van der Waals surface area contributed by atoms with E-state index in [1.54, 1.807) is 24.3 Å². The lowest BCUT2D eigenvalue weighted by Gasteiger charge is -2.39. The Balaban J connectivity index is 1.81. The smallest absolute Gasteiger partial charge is 0.243 e. The first-order chi connectivity index (χ1) is 16.0. The van der Waals surface area contributed by atoms with E-state index < -0.39 is 22.0 Å². The summed E-state index contributed by atoms with van der Waals surface area (Å²) in [6.45, 7) is 6.09. The fraction of sp³-hybridized carbons (Fsp3) is 0.440. The van der Waals surface area contributed by atoms with Crippen molar-refractivity contribution in [1.29, 1.82) is 0 Å². The molecule has 1 fully saturated rings. The van der Waals surface area contributed by atoms with Crippen LogP contribution in [0.3, 0.4) is 0 Å². The number of nitrogens with zero attached hydrogens (tertiary/aromatic N) is 3. The van der Waals surface area contributed by atoms with Gasteiger partial charge in [0.05, 0.1) is 4.90 Å². The van der Waals surface area contributed by atoms with Gasteiger partial charge in [-0.05, 0) is 41.3 Å². The van der Waals surface area contributed by atoms with Gasteiger partial charge in [0.1, 0.15) is 6.04 Å². The van der Waals surface area contributed by atoms with E-state index in [4.69, 9.17) is 0 Å². The maximum atomic E-state index is 13.5. The van der Waals surface area contributed by atoms with Crippen molar-refractivity contribution >= 4 is 27.5 Å². The molecule has 2 aromatic rings.